The van der Waals surface area contributed by atoms with E-state index in [0.717, 1.165) is 26.1 Å². The molecule has 3 heterocycles. The number of hydrogen-bond acceptors (Lipinski definition) is 5. The number of piperazine rings is 1. The molecule has 3 aliphatic rings. The fraction of sp³-hybridized carbons (Fsp3) is 0.750. The summed E-state index contributed by atoms with van der Waals surface area (Å²) in [6, 6.07) is 1.79. The minimum absolute atomic E-state index is 0.0518. The summed E-state index contributed by atoms with van der Waals surface area (Å²) in [5, 5.41) is 5.30. The topological polar surface area (TPSA) is 61.9 Å². The van der Waals surface area contributed by atoms with Gasteiger partial charge < -0.3 is 15.0 Å². The van der Waals surface area contributed by atoms with E-state index in [-0.39, 0.29) is 17.9 Å². The van der Waals surface area contributed by atoms with Crippen molar-refractivity contribution in [1.29, 1.82) is 0 Å². The molecular formula is C24H37N3O3S. The maximum Gasteiger partial charge on any atom is 0.246 e. The number of carbonyl (C=O) groups excluding carboxylic acids is 2. The van der Waals surface area contributed by atoms with Crippen molar-refractivity contribution >= 4 is 23.2 Å². The van der Waals surface area contributed by atoms with Crippen LogP contribution in [0.3, 0.4) is 0 Å². The van der Waals surface area contributed by atoms with Gasteiger partial charge in [-0.15, -0.1) is 11.3 Å². The number of hydrogen-bond donors (Lipinski definition) is 1. The number of rotatable bonds is 7. The molecule has 0 bridgehead atoms. The van der Waals surface area contributed by atoms with Crippen molar-refractivity contribution in [3.8, 4) is 0 Å². The summed E-state index contributed by atoms with van der Waals surface area (Å²) in [6.45, 7) is 5.70. The second kappa shape index (κ2) is 10.0. The third-order valence-corrected chi connectivity index (χ3v) is 8.65. The van der Waals surface area contributed by atoms with Gasteiger partial charge in [-0.25, -0.2) is 0 Å². The number of ether oxygens (including phenoxy) is 1. The number of nitrogens with one attached hydrogen (secondary N) is 1. The lowest BCUT2D eigenvalue weighted by Gasteiger charge is -2.52. The molecule has 1 aliphatic carbocycles. The number of nitrogens with zero attached hydrogens (tertiary/aromatic N) is 2. The number of likely N-dealkylation sites (tertiary alicyclic amines) is 1. The van der Waals surface area contributed by atoms with Crippen molar-refractivity contribution in [2.75, 3.05) is 33.4 Å². The average molecular weight is 448 g/mol. The number of methoxy groups -OCH3 is 1. The molecule has 0 aromatic carbocycles. The van der Waals surface area contributed by atoms with Crippen LogP contribution in [0.1, 0.15) is 61.8 Å². The van der Waals surface area contributed by atoms with Crippen molar-refractivity contribution in [3.63, 3.8) is 0 Å². The molecule has 3 fully saturated rings. The quantitative estimate of drug-likeness (QED) is 0.696. The van der Waals surface area contributed by atoms with Crippen molar-refractivity contribution in [2.24, 2.45) is 5.92 Å². The molecular weight excluding hydrogens is 410 g/mol. The molecule has 1 aromatic rings. The van der Waals surface area contributed by atoms with E-state index < -0.39 is 5.54 Å². The van der Waals surface area contributed by atoms with E-state index in [1.807, 2.05) is 4.90 Å². The Morgan fingerprint density at radius 2 is 1.94 bits per heavy atom. The first-order chi connectivity index (χ1) is 15.0. The van der Waals surface area contributed by atoms with E-state index >= 15 is 0 Å². The number of thiophene rings is 1. The number of aryl methyl sites for hydroxylation is 1. The zero-order chi connectivity index (χ0) is 21.8. The third kappa shape index (κ3) is 4.83. The summed E-state index contributed by atoms with van der Waals surface area (Å²) < 4.78 is 5.32. The largest absolute Gasteiger partial charge is 0.383 e. The van der Waals surface area contributed by atoms with Crippen LogP contribution in [0.15, 0.2) is 11.4 Å². The fourth-order valence-corrected chi connectivity index (χ4v) is 6.59. The molecule has 6 nitrogen and oxygen atoms in total. The van der Waals surface area contributed by atoms with Crippen LogP contribution in [0.2, 0.25) is 0 Å². The van der Waals surface area contributed by atoms with Gasteiger partial charge in [0.2, 0.25) is 11.8 Å². The smallest absolute Gasteiger partial charge is 0.246 e. The number of piperidine rings is 1. The molecule has 2 saturated heterocycles. The van der Waals surface area contributed by atoms with Crippen molar-refractivity contribution in [3.05, 3.63) is 21.9 Å². The van der Waals surface area contributed by atoms with Gasteiger partial charge in [0.1, 0.15) is 11.6 Å². The van der Waals surface area contributed by atoms with Gasteiger partial charge >= 0.3 is 0 Å². The SMILES string of the molecule is COCCN1C(=O)C(CC2CCCCC2)NC(=O)C12CCN(Cc1sccc1C)CC2. The molecule has 7 heteroatoms. The zero-order valence-corrected chi connectivity index (χ0v) is 19.8. The lowest BCUT2D eigenvalue weighted by atomic mass is 9.79. The van der Waals surface area contributed by atoms with Gasteiger partial charge in [-0.05, 0) is 49.1 Å². The Labute approximate surface area is 190 Å². The molecule has 172 valence electrons. The Morgan fingerprint density at radius 1 is 1.19 bits per heavy atom. The summed E-state index contributed by atoms with van der Waals surface area (Å²) in [6.07, 6.45) is 8.32. The summed E-state index contributed by atoms with van der Waals surface area (Å²) in [5.41, 5.74) is 0.614. The highest BCUT2D eigenvalue weighted by molar-refractivity contribution is 7.10. The Hall–Kier alpha value is -1.44. The van der Waals surface area contributed by atoms with Gasteiger partial charge in [-0.2, -0.15) is 0 Å². The molecule has 1 spiro atoms. The highest BCUT2D eigenvalue weighted by Gasteiger charge is 2.53. The Balaban J connectivity index is 1.45. The summed E-state index contributed by atoms with van der Waals surface area (Å²) in [7, 11) is 1.66. The van der Waals surface area contributed by atoms with Crippen LogP contribution >= 0.6 is 11.3 Å². The van der Waals surface area contributed by atoms with Crippen molar-refractivity contribution in [1.82, 2.24) is 15.1 Å². The van der Waals surface area contributed by atoms with Gasteiger partial charge in [0, 0.05) is 38.2 Å². The van der Waals surface area contributed by atoms with E-state index in [4.69, 9.17) is 4.74 Å². The fourth-order valence-electron chi connectivity index (χ4n) is 5.65. The normalized spacial score (nSPS) is 25.2. The van der Waals surface area contributed by atoms with Crippen LogP contribution < -0.4 is 5.32 Å². The van der Waals surface area contributed by atoms with Gasteiger partial charge in [-0.1, -0.05) is 32.1 Å². The number of amides is 2. The molecule has 1 saturated carbocycles. The van der Waals surface area contributed by atoms with Gasteiger partial charge in [0.15, 0.2) is 0 Å². The predicted octanol–water partition coefficient (Wildman–Crippen LogP) is 3.33. The molecule has 2 aliphatic heterocycles. The highest BCUT2D eigenvalue weighted by atomic mass is 32.1. The molecule has 1 aromatic heterocycles. The monoisotopic (exact) mass is 447 g/mol. The number of carbonyl (C=O) groups is 2. The minimum Gasteiger partial charge on any atom is -0.383 e. The average Bonchev–Trinajstić information content (AvgIpc) is 3.18. The summed E-state index contributed by atoms with van der Waals surface area (Å²) in [4.78, 5) is 32.7. The second-order valence-electron chi connectivity index (χ2n) is 9.58. The standard InChI is InChI=1S/C24H37N3O3S/c1-18-8-15-31-21(18)17-26-11-9-24(10-12-26)23(29)25-20(16-19-6-4-3-5-7-19)22(28)27(24)13-14-30-2/h8,15,19-20H,3-7,9-14,16-17H2,1-2H3,(H,25,29). The highest BCUT2D eigenvalue weighted by Crippen LogP contribution is 2.36. The predicted molar refractivity (Wildman–Crippen MR) is 123 cm³/mol. The van der Waals surface area contributed by atoms with E-state index in [9.17, 15) is 9.59 Å². The van der Waals surface area contributed by atoms with Crippen LogP contribution in [-0.4, -0.2) is 66.5 Å². The van der Waals surface area contributed by atoms with Crippen LogP contribution in [0.4, 0.5) is 0 Å². The second-order valence-corrected chi connectivity index (χ2v) is 10.6. The van der Waals surface area contributed by atoms with Crippen LogP contribution in [0, 0.1) is 12.8 Å². The summed E-state index contributed by atoms with van der Waals surface area (Å²) >= 11 is 1.80. The van der Waals surface area contributed by atoms with Gasteiger partial charge in [0.05, 0.1) is 6.61 Å². The Kier molecular flexibility index (Phi) is 7.34. The zero-order valence-electron chi connectivity index (χ0n) is 19.0. The lowest BCUT2D eigenvalue weighted by Crippen LogP contribution is -2.73. The maximum absolute atomic E-state index is 13.6. The molecule has 1 atom stereocenters. The molecule has 1 N–H and O–H groups in total. The molecule has 31 heavy (non-hydrogen) atoms. The summed E-state index contributed by atoms with van der Waals surface area (Å²) in [5.74, 6) is 0.706. The first-order valence-electron chi connectivity index (χ1n) is 11.9. The molecule has 2 amide bonds. The van der Waals surface area contributed by atoms with Crippen LogP contribution in [-0.2, 0) is 20.9 Å². The van der Waals surface area contributed by atoms with Crippen LogP contribution in [0.5, 0.6) is 0 Å². The van der Waals surface area contributed by atoms with Gasteiger partial charge in [0.25, 0.3) is 0 Å². The van der Waals surface area contributed by atoms with E-state index in [2.05, 4.69) is 28.6 Å². The Bertz CT molecular complexity index is 766. The van der Waals surface area contributed by atoms with E-state index in [1.54, 1.807) is 18.4 Å². The maximum atomic E-state index is 13.6. The molecule has 1 unspecified atom stereocenters. The van der Waals surface area contributed by atoms with Crippen molar-refractivity contribution < 1.29 is 14.3 Å². The first-order valence-corrected chi connectivity index (χ1v) is 12.8. The van der Waals surface area contributed by atoms with Gasteiger partial charge in [-0.3, -0.25) is 14.5 Å². The first kappa shape index (κ1) is 22.7. The van der Waals surface area contributed by atoms with E-state index in [1.165, 1.54) is 42.5 Å². The Morgan fingerprint density at radius 3 is 2.58 bits per heavy atom. The van der Waals surface area contributed by atoms with Crippen molar-refractivity contribution in [2.45, 2.75) is 76.4 Å². The van der Waals surface area contributed by atoms with Crippen LogP contribution in [0.25, 0.3) is 0 Å². The lowest BCUT2D eigenvalue weighted by molar-refractivity contribution is -0.162. The molecule has 4 rings (SSSR count). The third-order valence-electron chi connectivity index (χ3n) is 7.64. The molecule has 0 radical (unpaired) electrons. The van der Waals surface area contributed by atoms with E-state index in [0.29, 0.717) is 31.9 Å². The minimum atomic E-state index is -0.723.